The minimum Gasteiger partial charge on any atom is -0.493 e. The van der Waals surface area contributed by atoms with Crippen LogP contribution in [0.5, 0.6) is 11.5 Å². The Morgan fingerprint density at radius 1 is 1.46 bits per heavy atom. The number of amides is 1. The number of aryl methyl sites for hydroxylation is 1. The van der Waals surface area contributed by atoms with Gasteiger partial charge in [-0.3, -0.25) is 4.79 Å². The normalized spacial score (nSPS) is 11.8. The molecule has 4 N–H and O–H groups in total. The summed E-state index contributed by atoms with van der Waals surface area (Å²) in [5.74, 6) is 1.39. The molecule has 0 aliphatic rings. The van der Waals surface area contributed by atoms with Crippen molar-refractivity contribution in [3.63, 3.8) is 0 Å². The lowest BCUT2D eigenvalue weighted by Crippen LogP contribution is -2.28. The Hall–Kier alpha value is -2.54. The SMILES string of the molecule is COc1cccc(C(=O)N[C@@H](C)c2ncc(C)[nH]2)c1OCCCN. The highest BCUT2D eigenvalue weighted by molar-refractivity contribution is 5.98. The third-order valence-electron chi connectivity index (χ3n) is 3.52. The molecule has 1 amide bonds. The van der Waals surface area contributed by atoms with Crippen LogP contribution in [0.2, 0.25) is 0 Å². The number of H-pyrrole nitrogens is 1. The summed E-state index contributed by atoms with van der Waals surface area (Å²) in [6.45, 7) is 4.72. The van der Waals surface area contributed by atoms with Crippen molar-refractivity contribution in [1.82, 2.24) is 15.3 Å². The highest BCUT2D eigenvalue weighted by Crippen LogP contribution is 2.31. The van der Waals surface area contributed by atoms with E-state index in [1.165, 1.54) is 0 Å². The van der Waals surface area contributed by atoms with Crippen LogP contribution in [0.3, 0.4) is 0 Å². The van der Waals surface area contributed by atoms with Gasteiger partial charge in [0.05, 0.1) is 25.3 Å². The molecule has 0 aliphatic heterocycles. The van der Waals surface area contributed by atoms with E-state index in [2.05, 4.69) is 15.3 Å². The number of carbonyl (C=O) groups excluding carboxylic acids is 1. The van der Waals surface area contributed by atoms with E-state index in [1.807, 2.05) is 13.8 Å². The largest absolute Gasteiger partial charge is 0.493 e. The van der Waals surface area contributed by atoms with Crippen molar-refractivity contribution < 1.29 is 14.3 Å². The summed E-state index contributed by atoms with van der Waals surface area (Å²) in [4.78, 5) is 20.0. The fourth-order valence-corrected chi connectivity index (χ4v) is 2.26. The summed E-state index contributed by atoms with van der Waals surface area (Å²) >= 11 is 0. The Balaban J connectivity index is 2.18. The highest BCUT2D eigenvalue weighted by atomic mass is 16.5. The Kier molecular flexibility index (Phi) is 6.20. The van der Waals surface area contributed by atoms with Crippen LogP contribution in [0.1, 0.15) is 41.3 Å². The Labute approximate surface area is 141 Å². The fourth-order valence-electron chi connectivity index (χ4n) is 2.26. The Morgan fingerprint density at radius 2 is 2.25 bits per heavy atom. The van der Waals surface area contributed by atoms with Crippen LogP contribution >= 0.6 is 0 Å². The van der Waals surface area contributed by atoms with Crippen molar-refractivity contribution in [2.24, 2.45) is 5.73 Å². The van der Waals surface area contributed by atoms with Gasteiger partial charge in [-0.15, -0.1) is 0 Å². The number of nitrogens with zero attached hydrogens (tertiary/aromatic N) is 1. The lowest BCUT2D eigenvalue weighted by atomic mass is 10.1. The van der Waals surface area contributed by atoms with E-state index in [-0.39, 0.29) is 11.9 Å². The van der Waals surface area contributed by atoms with E-state index in [9.17, 15) is 4.79 Å². The van der Waals surface area contributed by atoms with Gasteiger partial charge < -0.3 is 25.5 Å². The summed E-state index contributed by atoms with van der Waals surface area (Å²) in [5.41, 5.74) is 6.85. The monoisotopic (exact) mass is 332 g/mol. The zero-order valence-electron chi connectivity index (χ0n) is 14.3. The summed E-state index contributed by atoms with van der Waals surface area (Å²) < 4.78 is 11.0. The van der Waals surface area contributed by atoms with Gasteiger partial charge in [0.1, 0.15) is 5.82 Å². The van der Waals surface area contributed by atoms with E-state index in [1.54, 1.807) is 31.5 Å². The van der Waals surface area contributed by atoms with Gasteiger partial charge >= 0.3 is 0 Å². The number of benzene rings is 1. The molecule has 0 aliphatic carbocycles. The lowest BCUT2D eigenvalue weighted by Gasteiger charge is -2.16. The van der Waals surface area contributed by atoms with Crippen LogP contribution in [-0.2, 0) is 0 Å². The summed E-state index contributed by atoms with van der Waals surface area (Å²) in [6, 6.07) is 4.96. The summed E-state index contributed by atoms with van der Waals surface area (Å²) in [6.07, 6.45) is 2.42. The van der Waals surface area contributed by atoms with E-state index in [0.29, 0.717) is 42.5 Å². The maximum atomic E-state index is 12.6. The number of imidazole rings is 1. The van der Waals surface area contributed by atoms with Crippen molar-refractivity contribution in [3.8, 4) is 11.5 Å². The second kappa shape index (κ2) is 8.35. The number of methoxy groups -OCH3 is 1. The van der Waals surface area contributed by atoms with E-state index in [4.69, 9.17) is 15.2 Å². The first-order valence-corrected chi connectivity index (χ1v) is 7.89. The molecule has 0 saturated heterocycles. The molecule has 7 nitrogen and oxygen atoms in total. The van der Waals surface area contributed by atoms with Gasteiger partial charge in [0.25, 0.3) is 5.91 Å². The average Bonchev–Trinajstić information content (AvgIpc) is 3.01. The molecule has 1 atom stereocenters. The van der Waals surface area contributed by atoms with Crippen molar-refractivity contribution in [2.45, 2.75) is 26.3 Å². The third kappa shape index (κ3) is 4.26. The van der Waals surface area contributed by atoms with Gasteiger partial charge in [-0.1, -0.05) is 6.07 Å². The van der Waals surface area contributed by atoms with Crippen LogP contribution in [0.15, 0.2) is 24.4 Å². The van der Waals surface area contributed by atoms with Crippen molar-refractivity contribution in [3.05, 3.63) is 41.5 Å². The number of aromatic nitrogens is 2. The van der Waals surface area contributed by atoms with Gasteiger partial charge in [0.2, 0.25) is 0 Å². The minimum absolute atomic E-state index is 0.252. The van der Waals surface area contributed by atoms with Crippen LogP contribution < -0.4 is 20.5 Å². The maximum absolute atomic E-state index is 12.6. The molecule has 0 saturated carbocycles. The number of nitrogens with one attached hydrogen (secondary N) is 2. The van der Waals surface area contributed by atoms with Crippen molar-refractivity contribution in [2.75, 3.05) is 20.3 Å². The van der Waals surface area contributed by atoms with Gasteiger partial charge in [0, 0.05) is 11.9 Å². The lowest BCUT2D eigenvalue weighted by molar-refractivity contribution is 0.0933. The second-order valence-electron chi connectivity index (χ2n) is 5.47. The quantitative estimate of drug-likeness (QED) is 0.641. The standard InChI is InChI=1S/C17H24N4O3/c1-11-10-19-16(20-11)12(2)21-17(22)13-6-4-7-14(23-3)15(13)24-9-5-8-18/h4,6-7,10,12H,5,8-9,18H2,1-3H3,(H,19,20)(H,21,22)/t12-/m0/s1. The predicted octanol–water partition coefficient (Wildman–Crippen LogP) is 1.95. The smallest absolute Gasteiger partial charge is 0.255 e. The zero-order valence-corrected chi connectivity index (χ0v) is 14.3. The van der Waals surface area contributed by atoms with Crippen molar-refractivity contribution in [1.29, 1.82) is 0 Å². The molecule has 1 aromatic carbocycles. The molecular formula is C17H24N4O3. The molecule has 2 rings (SSSR count). The third-order valence-corrected chi connectivity index (χ3v) is 3.52. The molecule has 0 spiro atoms. The number of para-hydroxylation sites is 1. The number of carbonyl (C=O) groups is 1. The first kappa shape index (κ1) is 17.8. The maximum Gasteiger partial charge on any atom is 0.255 e. The molecule has 0 fully saturated rings. The number of rotatable bonds is 8. The first-order valence-electron chi connectivity index (χ1n) is 7.89. The molecule has 1 aromatic heterocycles. The number of hydrogen-bond acceptors (Lipinski definition) is 5. The molecule has 130 valence electrons. The molecular weight excluding hydrogens is 308 g/mol. The van der Waals surface area contributed by atoms with E-state index in [0.717, 1.165) is 5.69 Å². The summed E-state index contributed by atoms with van der Waals surface area (Å²) in [5, 5.41) is 2.91. The fraction of sp³-hybridized carbons (Fsp3) is 0.412. The van der Waals surface area contributed by atoms with Crippen LogP contribution in [-0.4, -0.2) is 36.1 Å². The molecule has 0 bridgehead atoms. The van der Waals surface area contributed by atoms with E-state index >= 15 is 0 Å². The number of ether oxygens (including phenoxy) is 2. The number of aromatic amines is 1. The summed E-state index contributed by atoms with van der Waals surface area (Å²) in [7, 11) is 1.54. The molecule has 0 unspecified atom stereocenters. The first-order chi connectivity index (χ1) is 11.6. The molecule has 24 heavy (non-hydrogen) atoms. The second-order valence-corrected chi connectivity index (χ2v) is 5.47. The highest BCUT2D eigenvalue weighted by Gasteiger charge is 2.20. The molecule has 0 radical (unpaired) electrons. The Morgan fingerprint density at radius 3 is 2.88 bits per heavy atom. The topological polar surface area (TPSA) is 102 Å². The number of hydrogen-bond donors (Lipinski definition) is 3. The van der Waals surface area contributed by atoms with Gasteiger partial charge in [-0.2, -0.15) is 0 Å². The van der Waals surface area contributed by atoms with E-state index < -0.39 is 0 Å². The predicted molar refractivity (Wildman–Crippen MR) is 91.4 cm³/mol. The zero-order chi connectivity index (χ0) is 17.5. The number of nitrogens with two attached hydrogens (primary N) is 1. The van der Waals surface area contributed by atoms with Crippen molar-refractivity contribution >= 4 is 5.91 Å². The van der Waals surface area contributed by atoms with Gasteiger partial charge in [-0.25, -0.2) is 4.98 Å². The van der Waals surface area contributed by atoms with Gasteiger partial charge in [0.15, 0.2) is 11.5 Å². The Bertz CT molecular complexity index is 684. The van der Waals surface area contributed by atoms with Crippen LogP contribution in [0.4, 0.5) is 0 Å². The average molecular weight is 332 g/mol. The molecule has 1 heterocycles. The molecule has 7 heteroatoms. The molecule has 2 aromatic rings. The van der Waals surface area contributed by atoms with Crippen LogP contribution in [0.25, 0.3) is 0 Å². The van der Waals surface area contributed by atoms with Crippen LogP contribution in [0, 0.1) is 6.92 Å². The minimum atomic E-state index is -0.255. The van der Waals surface area contributed by atoms with Gasteiger partial charge in [-0.05, 0) is 38.9 Å².